The molecule has 0 N–H and O–H groups in total. The van der Waals surface area contributed by atoms with E-state index < -0.39 is 25.4 Å². The van der Waals surface area contributed by atoms with Crippen molar-refractivity contribution >= 4 is 5.97 Å². The van der Waals surface area contributed by atoms with Gasteiger partial charge >= 0.3 is 5.97 Å². The zero-order chi connectivity index (χ0) is 20.9. The van der Waals surface area contributed by atoms with Gasteiger partial charge in [0.2, 0.25) is 0 Å². The van der Waals surface area contributed by atoms with E-state index in [1.165, 1.54) is 25.7 Å². The number of allylic oxidation sites excluding steroid dienone is 8. The maximum atomic E-state index is 12.3. The van der Waals surface area contributed by atoms with E-state index in [-0.39, 0.29) is 5.92 Å². The van der Waals surface area contributed by atoms with Gasteiger partial charge < -0.3 is 4.74 Å². The molecule has 0 saturated carbocycles. The third-order valence-corrected chi connectivity index (χ3v) is 4.25. The molecular weight excluding hydrogens is 358 g/mol. The van der Waals surface area contributed by atoms with Crippen LogP contribution in [0.25, 0.3) is 0 Å². The molecule has 0 aromatic carbocycles. The van der Waals surface area contributed by atoms with Crippen LogP contribution in [0.5, 0.6) is 0 Å². The van der Waals surface area contributed by atoms with E-state index >= 15 is 0 Å². The van der Waals surface area contributed by atoms with E-state index in [2.05, 4.69) is 49.5 Å². The highest BCUT2D eigenvalue weighted by Crippen LogP contribution is 2.11. The molecular formula is C24H38F2O2. The Kier molecular flexibility index (Phi) is 18.8. The minimum absolute atomic E-state index is 0.355. The summed E-state index contributed by atoms with van der Waals surface area (Å²) in [6.07, 6.45) is 25.1. The van der Waals surface area contributed by atoms with Crippen molar-refractivity contribution in [2.75, 3.05) is 13.3 Å². The van der Waals surface area contributed by atoms with Crippen LogP contribution in [-0.2, 0) is 9.53 Å². The Morgan fingerprint density at radius 1 is 0.821 bits per heavy atom. The van der Waals surface area contributed by atoms with Crippen molar-refractivity contribution in [3.05, 3.63) is 48.6 Å². The lowest BCUT2D eigenvalue weighted by Crippen LogP contribution is -2.25. The zero-order valence-electron chi connectivity index (χ0n) is 17.6. The fourth-order valence-electron chi connectivity index (χ4n) is 2.41. The summed E-state index contributed by atoms with van der Waals surface area (Å²) in [5, 5.41) is 0. The van der Waals surface area contributed by atoms with Gasteiger partial charge in [0.15, 0.2) is 6.10 Å². The summed E-state index contributed by atoms with van der Waals surface area (Å²) >= 11 is 0. The molecule has 0 amide bonds. The van der Waals surface area contributed by atoms with Gasteiger partial charge in [-0.15, -0.1) is 0 Å². The topological polar surface area (TPSA) is 26.3 Å². The summed E-state index contributed by atoms with van der Waals surface area (Å²) in [4.78, 5) is 11.7. The van der Waals surface area contributed by atoms with Crippen molar-refractivity contribution in [2.45, 2.75) is 77.7 Å². The number of esters is 1. The lowest BCUT2D eigenvalue weighted by molar-refractivity contribution is -0.155. The molecule has 0 saturated heterocycles. The monoisotopic (exact) mass is 396 g/mol. The quantitative estimate of drug-likeness (QED) is 0.147. The number of rotatable bonds is 17. The number of ether oxygens (including phenoxy) is 1. The number of unbranched alkanes of at least 4 members (excludes halogenated alkanes) is 3. The number of carbonyl (C=O) groups is 1. The standard InChI is InChI=1S/C24H38F2O2/c1-3-4-5-6-7-8-9-10-11-12-13-14-15-16-17-18-19-22(2)24(27)28-23(20-25)21-26/h7-8,10-11,13-14,16-17,22-23H,3-6,9,12,15,18-21H2,1-2H3/b8-7-,11-10-,14-13-,17-16-/t22-/m0/s1. The summed E-state index contributed by atoms with van der Waals surface area (Å²) < 4.78 is 29.5. The lowest BCUT2D eigenvalue weighted by atomic mass is 10.1. The fraction of sp³-hybridized carbons (Fsp3) is 0.625. The average molecular weight is 397 g/mol. The minimum Gasteiger partial charge on any atom is -0.457 e. The molecule has 0 rings (SSSR count). The van der Waals surface area contributed by atoms with Crippen LogP contribution < -0.4 is 0 Å². The highest BCUT2D eigenvalue weighted by atomic mass is 19.1. The molecule has 28 heavy (non-hydrogen) atoms. The molecule has 0 fully saturated rings. The van der Waals surface area contributed by atoms with Crippen molar-refractivity contribution < 1.29 is 18.3 Å². The van der Waals surface area contributed by atoms with Gasteiger partial charge in [0.05, 0.1) is 5.92 Å². The van der Waals surface area contributed by atoms with E-state index in [0.717, 1.165) is 25.7 Å². The van der Waals surface area contributed by atoms with E-state index in [0.29, 0.717) is 6.42 Å². The summed E-state index contributed by atoms with van der Waals surface area (Å²) in [7, 11) is 0. The number of carbonyl (C=O) groups excluding carboxylic acids is 1. The SMILES string of the molecule is CCCCC/C=C\C/C=C\C/C=C\C/C=C\CC[C@H](C)C(=O)OC(CF)CF. The summed E-state index contributed by atoms with van der Waals surface area (Å²) in [5.41, 5.74) is 0. The van der Waals surface area contributed by atoms with Gasteiger partial charge in [-0.3, -0.25) is 4.79 Å². The third kappa shape index (κ3) is 16.5. The second-order valence-electron chi connectivity index (χ2n) is 6.93. The molecule has 0 radical (unpaired) electrons. The van der Waals surface area contributed by atoms with Crippen LogP contribution in [0.1, 0.15) is 71.6 Å². The summed E-state index contributed by atoms with van der Waals surface area (Å²) in [6, 6.07) is 0. The second kappa shape index (κ2) is 20.0. The predicted molar refractivity (Wildman–Crippen MR) is 115 cm³/mol. The molecule has 0 bridgehead atoms. The van der Waals surface area contributed by atoms with Gasteiger partial charge in [0.1, 0.15) is 13.3 Å². The van der Waals surface area contributed by atoms with Crippen molar-refractivity contribution in [3.8, 4) is 0 Å². The van der Waals surface area contributed by atoms with Gasteiger partial charge in [-0.05, 0) is 44.9 Å². The van der Waals surface area contributed by atoms with Crippen LogP contribution in [-0.4, -0.2) is 25.4 Å². The zero-order valence-corrected chi connectivity index (χ0v) is 17.6. The highest BCUT2D eigenvalue weighted by Gasteiger charge is 2.19. The first-order valence-corrected chi connectivity index (χ1v) is 10.6. The smallest absolute Gasteiger partial charge is 0.309 e. The van der Waals surface area contributed by atoms with E-state index in [1.807, 2.05) is 6.08 Å². The van der Waals surface area contributed by atoms with E-state index in [4.69, 9.17) is 4.74 Å². The van der Waals surface area contributed by atoms with Crippen molar-refractivity contribution in [1.82, 2.24) is 0 Å². The Morgan fingerprint density at radius 3 is 1.82 bits per heavy atom. The largest absolute Gasteiger partial charge is 0.457 e. The van der Waals surface area contributed by atoms with Crippen LogP contribution in [0.4, 0.5) is 8.78 Å². The molecule has 0 unspecified atom stereocenters. The Bertz CT molecular complexity index is 477. The molecule has 0 heterocycles. The van der Waals surface area contributed by atoms with Gasteiger partial charge in [-0.25, -0.2) is 8.78 Å². The third-order valence-electron chi connectivity index (χ3n) is 4.25. The molecule has 2 nitrogen and oxygen atoms in total. The number of halogens is 2. The molecule has 160 valence electrons. The van der Waals surface area contributed by atoms with Crippen LogP contribution in [0.15, 0.2) is 48.6 Å². The van der Waals surface area contributed by atoms with Gasteiger partial charge in [-0.1, -0.05) is 75.3 Å². The van der Waals surface area contributed by atoms with Gasteiger partial charge in [0, 0.05) is 0 Å². The number of alkyl halides is 2. The molecule has 0 aliphatic rings. The normalized spacial score (nSPS) is 13.6. The van der Waals surface area contributed by atoms with Gasteiger partial charge in [-0.2, -0.15) is 0 Å². The first kappa shape index (κ1) is 26.3. The number of hydrogen-bond donors (Lipinski definition) is 0. The number of hydrogen-bond acceptors (Lipinski definition) is 2. The Balaban J connectivity index is 3.70. The highest BCUT2D eigenvalue weighted by molar-refractivity contribution is 5.72. The summed E-state index contributed by atoms with van der Waals surface area (Å²) in [5.74, 6) is -0.886. The van der Waals surface area contributed by atoms with Crippen LogP contribution in [0.2, 0.25) is 0 Å². The van der Waals surface area contributed by atoms with E-state index in [9.17, 15) is 13.6 Å². The van der Waals surface area contributed by atoms with Crippen LogP contribution in [0.3, 0.4) is 0 Å². The van der Waals surface area contributed by atoms with E-state index in [1.54, 1.807) is 6.92 Å². The summed E-state index contributed by atoms with van der Waals surface area (Å²) in [6.45, 7) is 1.98. The maximum absolute atomic E-state index is 12.3. The maximum Gasteiger partial charge on any atom is 0.309 e. The van der Waals surface area contributed by atoms with Crippen LogP contribution in [0, 0.1) is 5.92 Å². The lowest BCUT2D eigenvalue weighted by Gasteiger charge is -2.14. The Hall–Kier alpha value is -1.71. The Labute approximate surface area is 170 Å². The molecule has 1 atom stereocenters. The van der Waals surface area contributed by atoms with Crippen molar-refractivity contribution in [2.24, 2.45) is 5.92 Å². The Morgan fingerprint density at radius 2 is 1.32 bits per heavy atom. The molecule has 4 heteroatoms. The molecule has 0 aliphatic carbocycles. The molecule has 0 aromatic heterocycles. The fourth-order valence-corrected chi connectivity index (χ4v) is 2.41. The molecule has 0 aliphatic heterocycles. The van der Waals surface area contributed by atoms with Crippen LogP contribution >= 0.6 is 0 Å². The average Bonchev–Trinajstić information content (AvgIpc) is 2.71. The first-order valence-electron chi connectivity index (χ1n) is 10.6. The predicted octanol–water partition coefficient (Wildman–Crippen LogP) is 7.23. The van der Waals surface area contributed by atoms with Crippen molar-refractivity contribution in [3.63, 3.8) is 0 Å². The minimum atomic E-state index is -1.26. The van der Waals surface area contributed by atoms with Crippen molar-refractivity contribution in [1.29, 1.82) is 0 Å². The molecule has 0 spiro atoms. The first-order chi connectivity index (χ1) is 13.7. The van der Waals surface area contributed by atoms with Gasteiger partial charge in [0.25, 0.3) is 0 Å². The second-order valence-corrected chi connectivity index (χ2v) is 6.93. The molecule has 0 aromatic rings.